The van der Waals surface area contributed by atoms with E-state index in [0.717, 1.165) is 9.87 Å². The number of benzene rings is 3. The van der Waals surface area contributed by atoms with E-state index in [1.807, 2.05) is 13.0 Å². The van der Waals surface area contributed by atoms with E-state index in [1.165, 1.54) is 60.8 Å². The molecule has 1 aromatic heterocycles. The van der Waals surface area contributed by atoms with Gasteiger partial charge in [0.25, 0.3) is 20.0 Å². The average Bonchev–Trinajstić information content (AvgIpc) is 2.88. The van der Waals surface area contributed by atoms with Crippen molar-refractivity contribution >= 4 is 54.7 Å². The van der Waals surface area contributed by atoms with Crippen molar-refractivity contribution < 1.29 is 21.6 Å². The number of rotatable bonds is 9. The summed E-state index contributed by atoms with van der Waals surface area (Å²) >= 11 is 5.92. The smallest absolute Gasteiger partial charge is 0.264 e. The van der Waals surface area contributed by atoms with Crippen LogP contribution in [-0.2, 0) is 24.8 Å². The first-order chi connectivity index (χ1) is 18.0. The lowest BCUT2D eigenvalue weighted by molar-refractivity contribution is -0.114. The van der Waals surface area contributed by atoms with Crippen LogP contribution in [-0.4, -0.2) is 34.3 Å². The van der Waals surface area contributed by atoms with Crippen LogP contribution in [0.15, 0.2) is 107 Å². The number of hydrogen-bond donors (Lipinski definition) is 2. The van der Waals surface area contributed by atoms with Crippen molar-refractivity contribution in [3.8, 4) is 0 Å². The summed E-state index contributed by atoms with van der Waals surface area (Å²) in [7, 11) is -8.00. The molecule has 4 rings (SSSR count). The number of sulfonamides is 2. The predicted molar refractivity (Wildman–Crippen MR) is 147 cm³/mol. The predicted octanol–water partition coefficient (Wildman–Crippen LogP) is 4.68. The number of nitrogens with zero attached hydrogens (tertiary/aromatic N) is 2. The highest BCUT2D eigenvalue weighted by atomic mass is 35.5. The average molecular weight is 571 g/mol. The summed E-state index contributed by atoms with van der Waals surface area (Å²) < 4.78 is 55.5. The van der Waals surface area contributed by atoms with Crippen molar-refractivity contribution in [3.63, 3.8) is 0 Å². The van der Waals surface area contributed by atoms with Gasteiger partial charge in [-0.15, -0.1) is 0 Å². The minimum atomic E-state index is -4.11. The minimum Gasteiger partial charge on any atom is -0.325 e. The van der Waals surface area contributed by atoms with Gasteiger partial charge in [-0.25, -0.2) is 21.8 Å². The monoisotopic (exact) mass is 570 g/mol. The Kier molecular flexibility index (Phi) is 8.00. The Bertz CT molecular complexity index is 1650. The molecule has 0 spiro atoms. The van der Waals surface area contributed by atoms with E-state index in [1.54, 1.807) is 30.3 Å². The van der Waals surface area contributed by atoms with Gasteiger partial charge in [0.05, 0.1) is 15.5 Å². The minimum absolute atomic E-state index is 0.0221. The van der Waals surface area contributed by atoms with E-state index in [2.05, 4.69) is 15.0 Å². The molecule has 2 N–H and O–H groups in total. The first-order valence-corrected chi connectivity index (χ1v) is 14.5. The zero-order valence-corrected chi connectivity index (χ0v) is 22.5. The number of amides is 1. The Morgan fingerprint density at radius 1 is 0.868 bits per heavy atom. The molecule has 0 unspecified atom stereocenters. The third-order valence-electron chi connectivity index (χ3n) is 5.33. The fourth-order valence-corrected chi connectivity index (χ4v) is 6.05. The van der Waals surface area contributed by atoms with Gasteiger partial charge in [-0.1, -0.05) is 29.8 Å². The Morgan fingerprint density at radius 3 is 2.18 bits per heavy atom. The van der Waals surface area contributed by atoms with E-state index >= 15 is 0 Å². The summed E-state index contributed by atoms with van der Waals surface area (Å²) in [5.41, 5.74) is 1.42. The summed E-state index contributed by atoms with van der Waals surface area (Å²) in [4.78, 5) is 16.8. The maximum Gasteiger partial charge on any atom is 0.264 e. The Balaban J connectivity index is 1.53. The first-order valence-electron chi connectivity index (χ1n) is 11.2. The van der Waals surface area contributed by atoms with Crippen LogP contribution in [0.4, 0.5) is 17.2 Å². The van der Waals surface area contributed by atoms with Crippen LogP contribution >= 0.6 is 11.6 Å². The molecule has 1 amide bonds. The number of aryl methyl sites for hydroxylation is 1. The molecular weight excluding hydrogens is 548 g/mol. The van der Waals surface area contributed by atoms with E-state index in [0.29, 0.717) is 16.4 Å². The van der Waals surface area contributed by atoms with Crippen molar-refractivity contribution in [2.24, 2.45) is 0 Å². The first kappa shape index (κ1) is 27.1. The van der Waals surface area contributed by atoms with Crippen LogP contribution in [0.5, 0.6) is 0 Å². The number of carbonyl (C=O) groups is 1. The quantitative estimate of drug-likeness (QED) is 0.301. The van der Waals surface area contributed by atoms with Gasteiger partial charge in [0.15, 0.2) is 0 Å². The van der Waals surface area contributed by atoms with Crippen LogP contribution < -0.4 is 14.3 Å². The van der Waals surface area contributed by atoms with E-state index in [4.69, 9.17) is 11.6 Å². The van der Waals surface area contributed by atoms with Gasteiger partial charge in [-0.05, 0) is 85.3 Å². The molecule has 38 heavy (non-hydrogen) atoms. The molecule has 0 saturated carbocycles. The van der Waals surface area contributed by atoms with Crippen LogP contribution in [0, 0.1) is 6.92 Å². The molecule has 0 aliphatic carbocycles. The summed E-state index contributed by atoms with van der Waals surface area (Å²) in [5, 5.41) is 3.00. The molecule has 0 aliphatic rings. The van der Waals surface area contributed by atoms with Crippen LogP contribution in [0.25, 0.3) is 0 Å². The molecule has 3 aromatic carbocycles. The largest absolute Gasteiger partial charge is 0.325 e. The van der Waals surface area contributed by atoms with Gasteiger partial charge >= 0.3 is 0 Å². The standard InChI is InChI=1S/C26H23ClN4O5S2/c1-19-5-4-6-22(17-19)31(38(35,36)24-12-8-20(27)9-13-24)18-26(32)29-21-10-14-23(15-11-21)37(33,34)30-25-7-2-3-16-28-25/h2-17H,18H2,1H3,(H,28,30)(H,29,32). The van der Waals surface area contributed by atoms with Gasteiger partial charge in [0.2, 0.25) is 5.91 Å². The summed E-state index contributed by atoms with van der Waals surface area (Å²) in [6, 6.07) is 22.7. The molecule has 0 bridgehead atoms. The molecule has 9 nitrogen and oxygen atoms in total. The van der Waals surface area contributed by atoms with Crippen molar-refractivity contribution in [3.05, 3.63) is 108 Å². The fourth-order valence-electron chi connectivity index (χ4n) is 3.50. The Labute approximate surface area is 226 Å². The summed E-state index contributed by atoms with van der Waals surface area (Å²) in [5.74, 6) is -0.450. The topological polar surface area (TPSA) is 126 Å². The molecule has 0 aliphatic heterocycles. The van der Waals surface area contributed by atoms with Crippen molar-refractivity contribution in [1.29, 1.82) is 0 Å². The van der Waals surface area contributed by atoms with Crippen molar-refractivity contribution in [2.75, 3.05) is 20.9 Å². The number of hydrogen-bond acceptors (Lipinski definition) is 6. The van der Waals surface area contributed by atoms with Gasteiger partial charge in [0.1, 0.15) is 12.4 Å². The molecule has 4 aromatic rings. The summed E-state index contributed by atoms with van der Waals surface area (Å²) in [6.07, 6.45) is 1.46. The van der Waals surface area contributed by atoms with Gasteiger partial charge in [-0.3, -0.25) is 13.8 Å². The van der Waals surface area contributed by atoms with Crippen molar-refractivity contribution in [2.45, 2.75) is 16.7 Å². The van der Waals surface area contributed by atoms with Crippen molar-refractivity contribution in [1.82, 2.24) is 4.98 Å². The second-order valence-corrected chi connectivity index (χ2v) is 12.2. The molecule has 196 valence electrons. The number of aromatic nitrogens is 1. The van der Waals surface area contributed by atoms with Crippen LogP contribution in [0.1, 0.15) is 5.56 Å². The van der Waals surface area contributed by atoms with Gasteiger partial charge < -0.3 is 5.32 Å². The molecule has 12 heteroatoms. The second kappa shape index (κ2) is 11.2. The molecule has 1 heterocycles. The SMILES string of the molecule is Cc1cccc(N(CC(=O)Nc2ccc(S(=O)(=O)Nc3ccccn3)cc2)S(=O)(=O)c2ccc(Cl)cc2)c1. The van der Waals surface area contributed by atoms with E-state index in [9.17, 15) is 21.6 Å². The number of pyridine rings is 1. The fraction of sp³-hybridized carbons (Fsp3) is 0.0769. The number of anilines is 3. The highest BCUT2D eigenvalue weighted by Crippen LogP contribution is 2.26. The third kappa shape index (κ3) is 6.49. The normalized spacial score (nSPS) is 11.5. The van der Waals surface area contributed by atoms with E-state index in [-0.39, 0.29) is 15.6 Å². The summed E-state index contributed by atoms with van der Waals surface area (Å²) in [6.45, 7) is 1.30. The zero-order chi connectivity index (χ0) is 27.3. The van der Waals surface area contributed by atoms with E-state index < -0.39 is 32.5 Å². The molecule has 0 saturated heterocycles. The molecular formula is C26H23ClN4O5S2. The van der Waals surface area contributed by atoms with Gasteiger partial charge in [-0.2, -0.15) is 0 Å². The molecule has 0 radical (unpaired) electrons. The zero-order valence-electron chi connectivity index (χ0n) is 20.1. The number of nitrogens with one attached hydrogen (secondary N) is 2. The van der Waals surface area contributed by atoms with Gasteiger partial charge in [0, 0.05) is 16.9 Å². The Hall–Kier alpha value is -3.93. The lowest BCUT2D eigenvalue weighted by Gasteiger charge is -2.24. The molecule has 0 atom stereocenters. The van der Waals surface area contributed by atoms with Crippen LogP contribution in [0.3, 0.4) is 0 Å². The highest BCUT2D eigenvalue weighted by molar-refractivity contribution is 7.93. The maximum absolute atomic E-state index is 13.5. The number of carbonyl (C=O) groups excluding carboxylic acids is 1. The third-order valence-corrected chi connectivity index (χ3v) is 8.74. The highest BCUT2D eigenvalue weighted by Gasteiger charge is 2.27. The lowest BCUT2D eigenvalue weighted by atomic mass is 10.2. The second-order valence-electron chi connectivity index (χ2n) is 8.20. The lowest BCUT2D eigenvalue weighted by Crippen LogP contribution is -2.38. The number of halogens is 1. The Morgan fingerprint density at radius 2 is 1.55 bits per heavy atom. The maximum atomic E-state index is 13.5. The molecule has 0 fully saturated rings. The van der Waals surface area contributed by atoms with Crippen LogP contribution in [0.2, 0.25) is 5.02 Å².